The molecule has 0 aromatic heterocycles. The Morgan fingerprint density at radius 3 is 2.19 bits per heavy atom. The molecule has 0 aromatic rings. The van der Waals surface area contributed by atoms with E-state index < -0.39 is 30.5 Å². The Labute approximate surface area is 93.2 Å². The molecule has 0 heterocycles. The van der Waals surface area contributed by atoms with Crippen molar-refractivity contribution in [2.24, 2.45) is 11.3 Å². The van der Waals surface area contributed by atoms with Gasteiger partial charge in [-0.3, -0.25) is 10.1 Å². The van der Waals surface area contributed by atoms with E-state index in [0.29, 0.717) is 0 Å². The van der Waals surface area contributed by atoms with Crippen LogP contribution in [0.3, 0.4) is 0 Å². The van der Waals surface area contributed by atoms with Crippen LogP contribution in [-0.2, 0) is 14.4 Å². The third-order valence-corrected chi connectivity index (χ3v) is 2.21. The van der Waals surface area contributed by atoms with Gasteiger partial charge in [-0.15, -0.1) is 0 Å². The van der Waals surface area contributed by atoms with Gasteiger partial charge in [0.1, 0.15) is 5.41 Å². The maximum atomic E-state index is 11.4. The van der Waals surface area contributed by atoms with E-state index >= 15 is 0 Å². The summed E-state index contributed by atoms with van der Waals surface area (Å²) in [7, 11) is 0. The van der Waals surface area contributed by atoms with Crippen LogP contribution >= 0.6 is 0 Å². The van der Waals surface area contributed by atoms with E-state index in [-0.39, 0.29) is 19.8 Å². The lowest BCUT2D eigenvalue weighted by molar-refractivity contribution is -0.255. The molecule has 4 N–H and O–H groups in total. The quantitative estimate of drug-likeness (QED) is 0.234. The Kier molecular flexibility index (Phi) is 7.18. The molecule has 0 spiro atoms. The lowest BCUT2D eigenvalue weighted by Gasteiger charge is -2.23. The van der Waals surface area contributed by atoms with E-state index in [9.17, 15) is 4.79 Å². The van der Waals surface area contributed by atoms with Crippen molar-refractivity contribution < 1.29 is 35.0 Å². The Morgan fingerprint density at radius 2 is 1.81 bits per heavy atom. The number of aliphatic hydroxyl groups is 3. The fraction of sp³-hybridized carbons (Fsp3) is 0.889. The van der Waals surface area contributed by atoms with Crippen LogP contribution in [0.4, 0.5) is 0 Å². The van der Waals surface area contributed by atoms with Gasteiger partial charge in [0.25, 0.3) is 0 Å². The van der Waals surface area contributed by atoms with Crippen LogP contribution in [0.1, 0.15) is 6.92 Å². The van der Waals surface area contributed by atoms with Crippen molar-refractivity contribution in [1.29, 1.82) is 0 Å². The number of hydrogen-bond donors (Lipinski definition) is 4. The van der Waals surface area contributed by atoms with Crippen LogP contribution in [0.25, 0.3) is 0 Å². The molecule has 1 atom stereocenters. The minimum Gasteiger partial charge on any atom is -0.465 e. The maximum absolute atomic E-state index is 11.4. The summed E-state index contributed by atoms with van der Waals surface area (Å²) in [6.45, 7) is -0.371. The van der Waals surface area contributed by atoms with Gasteiger partial charge in [-0.05, 0) is 6.92 Å². The molecule has 0 amide bonds. The summed E-state index contributed by atoms with van der Waals surface area (Å²) < 4.78 is 4.78. The second-order valence-electron chi connectivity index (χ2n) is 3.82. The lowest BCUT2D eigenvalue weighted by Crippen LogP contribution is -2.38. The van der Waals surface area contributed by atoms with Crippen molar-refractivity contribution >= 4 is 5.97 Å². The Morgan fingerprint density at radius 1 is 1.25 bits per heavy atom. The summed E-state index contributed by atoms with van der Waals surface area (Å²) in [6.07, 6.45) is 0. The topological polar surface area (TPSA) is 116 Å². The molecular weight excluding hydrogens is 220 g/mol. The molecule has 96 valence electrons. The van der Waals surface area contributed by atoms with E-state index in [1.54, 1.807) is 0 Å². The first kappa shape index (κ1) is 15.3. The largest absolute Gasteiger partial charge is 0.465 e. The summed E-state index contributed by atoms with van der Waals surface area (Å²) in [5.74, 6) is -1.32. The molecule has 0 saturated carbocycles. The van der Waals surface area contributed by atoms with Crippen LogP contribution < -0.4 is 0 Å². The highest BCUT2D eigenvalue weighted by Crippen LogP contribution is 2.16. The predicted octanol–water partition coefficient (Wildman–Crippen LogP) is -1.38. The summed E-state index contributed by atoms with van der Waals surface area (Å²) >= 11 is 0. The highest BCUT2D eigenvalue weighted by Gasteiger charge is 2.34. The molecule has 0 fully saturated rings. The van der Waals surface area contributed by atoms with Crippen molar-refractivity contribution in [2.75, 3.05) is 33.0 Å². The summed E-state index contributed by atoms with van der Waals surface area (Å²) in [5, 5.41) is 34.8. The summed E-state index contributed by atoms with van der Waals surface area (Å²) in [5.41, 5.74) is -1.36. The van der Waals surface area contributed by atoms with Crippen molar-refractivity contribution in [3.8, 4) is 0 Å². The molecule has 0 rings (SSSR count). The average molecular weight is 238 g/mol. The molecule has 7 nitrogen and oxygen atoms in total. The Hall–Kier alpha value is -0.730. The molecule has 1 unspecified atom stereocenters. The fourth-order valence-electron chi connectivity index (χ4n) is 0.806. The maximum Gasteiger partial charge on any atom is 0.316 e. The number of rotatable bonds is 8. The zero-order valence-corrected chi connectivity index (χ0v) is 9.13. The van der Waals surface area contributed by atoms with Crippen LogP contribution in [0.2, 0.25) is 0 Å². The lowest BCUT2D eigenvalue weighted by atomic mass is 9.93. The van der Waals surface area contributed by atoms with Crippen LogP contribution in [0, 0.1) is 11.3 Å². The van der Waals surface area contributed by atoms with Crippen molar-refractivity contribution in [3.05, 3.63) is 0 Å². The molecular formula is C9H18O7. The molecule has 0 radical (unpaired) electrons. The van der Waals surface area contributed by atoms with Crippen LogP contribution in [0.5, 0.6) is 0 Å². The molecule has 0 saturated heterocycles. The average Bonchev–Trinajstić information content (AvgIpc) is 2.32. The fourth-order valence-corrected chi connectivity index (χ4v) is 0.806. The predicted molar refractivity (Wildman–Crippen MR) is 52.4 cm³/mol. The SMILES string of the molecule is CC(CO)(CO)C(=O)OCC(CO)COO. The van der Waals surface area contributed by atoms with Gasteiger partial charge in [0.15, 0.2) is 0 Å². The number of carbonyl (C=O) groups excluding carboxylic acids is 1. The van der Waals surface area contributed by atoms with Gasteiger partial charge in [0, 0.05) is 5.92 Å². The second-order valence-corrected chi connectivity index (χ2v) is 3.82. The monoisotopic (exact) mass is 238 g/mol. The van der Waals surface area contributed by atoms with E-state index in [0.717, 1.165) is 0 Å². The standard InChI is InChI=1S/C9H18O7/c1-9(5-11,6-12)8(13)15-3-7(2-10)4-16-14/h7,10-12,14H,2-6H2,1H3. The normalized spacial score (nSPS) is 13.6. The molecule has 0 aliphatic rings. The Bertz CT molecular complexity index is 202. The number of ether oxygens (including phenoxy) is 1. The number of carbonyl (C=O) groups is 1. The molecule has 7 heteroatoms. The van der Waals surface area contributed by atoms with Gasteiger partial charge in [0.05, 0.1) is 33.0 Å². The molecule has 0 aliphatic carbocycles. The summed E-state index contributed by atoms with van der Waals surface area (Å²) in [6, 6.07) is 0. The van der Waals surface area contributed by atoms with Gasteiger partial charge in [-0.25, -0.2) is 4.89 Å². The minimum absolute atomic E-state index is 0.161. The van der Waals surface area contributed by atoms with Crippen LogP contribution in [0.15, 0.2) is 0 Å². The molecule has 16 heavy (non-hydrogen) atoms. The highest BCUT2D eigenvalue weighted by molar-refractivity contribution is 5.76. The van der Waals surface area contributed by atoms with E-state index in [1.807, 2.05) is 0 Å². The smallest absolute Gasteiger partial charge is 0.316 e. The zero-order chi connectivity index (χ0) is 12.6. The van der Waals surface area contributed by atoms with Gasteiger partial charge < -0.3 is 20.1 Å². The van der Waals surface area contributed by atoms with Crippen molar-refractivity contribution in [3.63, 3.8) is 0 Å². The third kappa shape index (κ3) is 4.42. The van der Waals surface area contributed by atoms with Gasteiger partial charge in [-0.1, -0.05) is 0 Å². The minimum atomic E-state index is -1.36. The Balaban J connectivity index is 4.13. The first-order valence-electron chi connectivity index (χ1n) is 4.80. The third-order valence-electron chi connectivity index (χ3n) is 2.21. The molecule has 0 aliphatic heterocycles. The molecule has 0 bridgehead atoms. The van der Waals surface area contributed by atoms with E-state index in [2.05, 4.69) is 4.89 Å². The highest BCUT2D eigenvalue weighted by atomic mass is 17.1. The second kappa shape index (κ2) is 7.53. The summed E-state index contributed by atoms with van der Waals surface area (Å²) in [4.78, 5) is 15.2. The number of aliphatic hydroxyl groups excluding tert-OH is 3. The first-order chi connectivity index (χ1) is 7.53. The zero-order valence-electron chi connectivity index (χ0n) is 9.13. The number of esters is 1. The first-order valence-corrected chi connectivity index (χ1v) is 4.80. The van der Waals surface area contributed by atoms with E-state index in [1.165, 1.54) is 6.92 Å². The van der Waals surface area contributed by atoms with E-state index in [4.69, 9.17) is 25.3 Å². The van der Waals surface area contributed by atoms with Gasteiger partial charge >= 0.3 is 5.97 Å². The van der Waals surface area contributed by atoms with Gasteiger partial charge in [-0.2, -0.15) is 0 Å². The number of hydrogen-bond acceptors (Lipinski definition) is 7. The van der Waals surface area contributed by atoms with Crippen molar-refractivity contribution in [1.82, 2.24) is 0 Å². The molecule has 0 aromatic carbocycles. The van der Waals surface area contributed by atoms with Crippen LogP contribution in [-0.4, -0.2) is 59.6 Å². The van der Waals surface area contributed by atoms with Gasteiger partial charge in [0.2, 0.25) is 0 Å². The van der Waals surface area contributed by atoms with Crippen molar-refractivity contribution in [2.45, 2.75) is 6.92 Å².